The monoisotopic (exact) mass is 1030 g/mol. The summed E-state index contributed by atoms with van der Waals surface area (Å²) in [7, 11) is 1.96. The van der Waals surface area contributed by atoms with Gasteiger partial charge in [0.25, 0.3) is 11.8 Å². The number of piperazine rings is 1. The number of H-pyrrole nitrogens is 1. The fourth-order valence-corrected chi connectivity index (χ4v) is 9.95. The molecule has 6 N–H and O–H groups in total. The predicted octanol–water partition coefficient (Wildman–Crippen LogP) is 6.51. The normalized spacial score (nSPS) is 19.2. The van der Waals surface area contributed by atoms with Gasteiger partial charge in [-0.25, -0.2) is 9.37 Å². The highest BCUT2D eigenvalue weighted by Gasteiger charge is 2.45. The zero-order chi connectivity index (χ0) is 53.3. The van der Waals surface area contributed by atoms with Crippen molar-refractivity contribution < 1.29 is 46.6 Å². The number of aryl methyl sites for hydroxylation is 1. The summed E-state index contributed by atoms with van der Waals surface area (Å²) in [6, 6.07) is 13.3. The number of alkyl halides is 3. The van der Waals surface area contributed by atoms with Crippen LogP contribution < -0.4 is 31.7 Å². The van der Waals surface area contributed by atoms with Gasteiger partial charge < -0.3 is 41.2 Å². The topological polar surface area (TPSA) is 209 Å². The van der Waals surface area contributed by atoms with Crippen LogP contribution in [0.2, 0.25) is 0 Å². The van der Waals surface area contributed by atoms with Gasteiger partial charge in [0.2, 0.25) is 23.3 Å². The molecule has 0 saturated carbocycles. The van der Waals surface area contributed by atoms with Crippen molar-refractivity contribution in [3.8, 4) is 21.6 Å². The van der Waals surface area contributed by atoms with Crippen molar-refractivity contribution in [2.45, 2.75) is 97.4 Å². The number of aromatic nitrogens is 2. The van der Waals surface area contributed by atoms with E-state index >= 15 is 4.39 Å². The average molecular weight is 1030 g/mol. The Bertz CT molecular complexity index is 2940. The minimum atomic E-state index is -5.04. The summed E-state index contributed by atoms with van der Waals surface area (Å²) < 4.78 is 57.8. The molecule has 2 aliphatic rings. The van der Waals surface area contributed by atoms with Crippen LogP contribution in [0, 0.1) is 18.2 Å². The van der Waals surface area contributed by atoms with Crippen LogP contribution in [0.3, 0.4) is 0 Å². The van der Waals surface area contributed by atoms with Gasteiger partial charge in [0.1, 0.15) is 17.9 Å². The summed E-state index contributed by atoms with van der Waals surface area (Å²) in [5.74, 6) is -4.60. The lowest BCUT2D eigenvalue weighted by Gasteiger charge is -2.44. The standard InChI is InChI=1S/C52H59F4N9O7S/c1-27-23-64(24-28(2)63(27)8)41-16-14-33(18-40(41)61-48(70)37-21-57-43(67)20-38(37)52(54,55)56)36-17-34(13-15-39(36)53)47(69)58-22-44(68)62-46(51(5,6)7)50(72)65-25-35(66)19-42(65)49(71)60-29(3)31-9-11-32(12-10-31)45-30(4)59-26-73-45/h9-18,20-21,26-29,35,42,46,66H,19,22-25H2,1-8H3,(H,57,67)(H,58,69)(H,60,71)(H,61,70)(H,62,68)/t27-,28+,29-,35+,42-,46?/m0/s1. The third-order valence-corrected chi connectivity index (χ3v) is 14.4. The van der Waals surface area contributed by atoms with Gasteiger partial charge in [-0.15, -0.1) is 11.3 Å². The minimum absolute atomic E-state index is 0.0249. The molecule has 2 fully saturated rings. The first-order valence-corrected chi connectivity index (χ1v) is 24.6. The molecule has 1 unspecified atom stereocenters. The summed E-state index contributed by atoms with van der Waals surface area (Å²) >= 11 is 1.53. The molecule has 0 spiro atoms. The molecule has 21 heteroatoms. The number of pyridine rings is 1. The van der Waals surface area contributed by atoms with Crippen LogP contribution in [0.25, 0.3) is 21.6 Å². The second kappa shape index (κ2) is 21.6. The number of anilines is 2. The molecule has 2 saturated heterocycles. The molecule has 2 aromatic heterocycles. The van der Waals surface area contributed by atoms with E-state index in [1.54, 1.807) is 38.4 Å². The van der Waals surface area contributed by atoms with Crippen molar-refractivity contribution in [2.75, 3.05) is 43.4 Å². The molecule has 388 valence electrons. The Balaban J connectivity index is 1.05. The molecule has 5 amide bonds. The van der Waals surface area contributed by atoms with Crippen LogP contribution in [-0.2, 0) is 20.6 Å². The molecule has 73 heavy (non-hydrogen) atoms. The Morgan fingerprint density at radius 1 is 0.904 bits per heavy atom. The smallest absolute Gasteiger partial charge is 0.391 e. The Kier molecular flexibility index (Phi) is 15.9. The van der Waals surface area contributed by atoms with Gasteiger partial charge in [0.05, 0.1) is 57.3 Å². The number of halogens is 4. The van der Waals surface area contributed by atoms with Crippen molar-refractivity contribution in [2.24, 2.45) is 5.41 Å². The number of carbonyl (C=O) groups excluding carboxylic acids is 5. The Morgan fingerprint density at radius 2 is 1.58 bits per heavy atom. The van der Waals surface area contributed by atoms with Crippen LogP contribution >= 0.6 is 11.3 Å². The van der Waals surface area contributed by atoms with Crippen LogP contribution in [0.4, 0.5) is 28.9 Å². The maximum absolute atomic E-state index is 15.7. The number of nitrogens with one attached hydrogen (secondary N) is 5. The number of thiazole rings is 1. The molecule has 0 bridgehead atoms. The van der Waals surface area contributed by atoms with E-state index in [0.29, 0.717) is 31.0 Å². The van der Waals surface area contributed by atoms with Crippen LogP contribution in [0.15, 0.2) is 83.2 Å². The summed E-state index contributed by atoms with van der Waals surface area (Å²) in [6.07, 6.45) is -5.39. The van der Waals surface area contributed by atoms with Crippen LogP contribution in [0.1, 0.15) is 91.5 Å². The van der Waals surface area contributed by atoms with Gasteiger partial charge >= 0.3 is 6.18 Å². The summed E-state index contributed by atoms with van der Waals surface area (Å²) in [4.78, 5) is 93.5. The number of likely N-dealkylation sites (tertiary alicyclic amines) is 1. The molecule has 3 aromatic carbocycles. The maximum atomic E-state index is 15.7. The van der Waals surface area contributed by atoms with Gasteiger partial charge in [-0.05, 0) is 87.2 Å². The highest BCUT2D eigenvalue weighted by atomic mass is 32.1. The van der Waals surface area contributed by atoms with Crippen LogP contribution in [0.5, 0.6) is 0 Å². The number of likely N-dealkylation sites (N-methyl/N-ethyl adjacent to an activating group) is 1. The van der Waals surface area contributed by atoms with Crippen molar-refractivity contribution in [3.63, 3.8) is 0 Å². The van der Waals surface area contributed by atoms with Crippen molar-refractivity contribution in [1.82, 2.24) is 35.7 Å². The van der Waals surface area contributed by atoms with Crippen molar-refractivity contribution >= 4 is 52.2 Å². The summed E-state index contributed by atoms with van der Waals surface area (Å²) in [5.41, 5.74) is 0.679. The van der Waals surface area contributed by atoms with E-state index in [9.17, 15) is 47.0 Å². The number of aromatic amines is 1. The predicted molar refractivity (Wildman–Crippen MR) is 269 cm³/mol. The number of nitrogens with zero attached hydrogens (tertiary/aromatic N) is 4. The Labute approximate surface area is 423 Å². The molecule has 7 rings (SSSR count). The third-order valence-electron chi connectivity index (χ3n) is 13.4. The van der Waals surface area contributed by atoms with E-state index in [1.165, 1.54) is 34.4 Å². The SMILES string of the molecule is Cc1ncsc1-c1ccc([C@H](C)NC(=O)[C@@H]2C[C@@H](O)CN2C(=O)C(NC(=O)CNC(=O)c2ccc(F)c(-c3ccc(N4C[C@@H](C)N(C)[C@@H](C)C4)c(NC(=O)c4c[nH]c(=O)cc4C(F)(F)F)c3)c2)C(C)(C)C)cc1. The van der Waals surface area contributed by atoms with Gasteiger partial charge in [-0.3, -0.25) is 33.7 Å². The lowest BCUT2D eigenvalue weighted by molar-refractivity contribution is -0.144. The zero-order valence-electron chi connectivity index (χ0n) is 41.6. The van der Waals surface area contributed by atoms with E-state index < -0.39 is 94.4 Å². The van der Waals surface area contributed by atoms with E-state index in [1.807, 2.05) is 63.9 Å². The molecule has 2 aliphatic heterocycles. The number of hydrogen-bond donors (Lipinski definition) is 6. The van der Waals surface area contributed by atoms with Gasteiger partial charge in [-0.2, -0.15) is 13.2 Å². The first-order valence-electron chi connectivity index (χ1n) is 23.7. The number of aliphatic hydroxyl groups excluding tert-OH is 1. The number of hydrogen-bond acceptors (Lipinski definition) is 11. The van der Waals surface area contributed by atoms with Crippen LogP contribution in [-0.4, -0.2) is 118 Å². The quantitative estimate of drug-likeness (QED) is 0.0705. The second-order valence-corrected chi connectivity index (χ2v) is 20.7. The molecule has 6 atom stereocenters. The molecule has 5 aromatic rings. The molecule has 0 aliphatic carbocycles. The van der Waals surface area contributed by atoms with E-state index in [0.717, 1.165) is 27.8 Å². The number of amides is 5. The Hall–Kier alpha value is -6.97. The van der Waals surface area contributed by atoms with E-state index in [2.05, 4.69) is 36.1 Å². The number of rotatable bonds is 13. The second-order valence-electron chi connectivity index (χ2n) is 19.8. The first kappa shape index (κ1) is 53.8. The minimum Gasteiger partial charge on any atom is -0.391 e. The number of benzene rings is 3. The lowest BCUT2D eigenvalue weighted by atomic mass is 9.85. The van der Waals surface area contributed by atoms with Gasteiger partial charge in [0, 0.05) is 61.5 Å². The summed E-state index contributed by atoms with van der Waals surface area (Å²) in [6.45, 7) is 13.1. The summed E-state index contributed by atoms with van der Waals surface area (Å²) in [5, 5.41) is 21.4. The average Bonchev–Trinajstić information content (AvgIpc) is 3.95. The highest BCUT2D eigenvalue weighted by Crippen LogP contribution is 2.37. The largest absolute Gasteiger partial charge is 0.417 e. The lowest BCUT2D eigenvalue weighted by Crippen LogP contribution is -2.58. The fraction of sp³-hybridized carbons (Fsp3) is 0.404. The Morgan fingerprint density at radius 3 is 2.21 bits per heavy atom. The van der Waals surface area contributed by atoms with Crippen molar-refractivity contribution in [3.05, 3.63) is 123 Å². The molecule has 0 radical (unpaired) electrons. The maximum Gasteiger partial charge on any atom is 0.417 e. The van der Waals surface area contributed by atoms with E-state index in [-0.39, 0.29) is 47.4 Å². The number of β-amino-alcohol motifs (C(OH)–C–C–N with tert-alkyl or cyclic N) is 1. The van der Waals surface area contributed by atoms with Crippen molar-refractivity contribution in [1.29, 1.82) is 0 Å². The molecule has 4 heterocycles. The number of carbonyl (C=O) groups is 5. The molecular formula is C52H59F4N9O7S. The fourth-order valence-electron chi connectivity index (χ4n) is 9.14. The number of aliphatic hydroxyl groups is 1. The third kappa shape index (κ3) is 12.3. The van der Waals surface area contributed by atoms with E-state index in [4.69, 9.17) is 0 Å². The zero-order valence-corrected chi connectivity index (χ0v) is 42.4. The van der Waals surface area contributed by atoms with Gasteiger partial charge in [-0.1, -0.05) is 51.1 Å². The molecular weight excluding hydrogens is 971 g/mol. The highest BCUT2D eigenvalue weighted by molar-refractivity contribution is 7.13. The molecule has 16 nitrogen and oxygen atoms in total. The van der Waals surface area contributed by atoms with Gasteiger partial charge in [0.15, 0.2) is 0 Å². The first-order chi connectivity index (χ1) is 34.3.